The Hall–Kier alpha value is -3.61. The molecule has 17 nitrogen and oxygen atoms in total. The third-order valence-electron chi connectivity index (χ3n) is 3.40. The third kappa shape index (κ3) is 12.4. The highest BCUT2D eigenvalue weighted by atomic mass is 32.2. The van der Waals surface area contributed by atoms with Crippen LogP contribution >= 0.6 is 0 Å². The lowest BCUT2D eigenvalue weighted by atomic mass is 10.3. The fraction of sp³-hybridized carbons (Fsp3) is 0.500. The first-order chi connectivity index (χ1) is 16.0. The number of ether oxygens (including phenoxy) is 4. The number of hydrogen-bond donors (Lipinski definition) is 1. The first-order valence-electron chi connectivity index (χ1n) is 9.22. The molecule has 1 rings (SSSR count). The largest absolute Gasteiger partial charge is 0.426 e. The maximum Gasteiger partial charge on any atom is 0.313 e. The Morgan fingerprint density at radius 1 is 0.824 bits per heavy atom. The summed E-state index contributed by atoms with van der Waals surface area (Å²) in [5.74, 6) is -2.62. The molecule has 0 saturated heterocycles. The summed E-state index contributed by atoms with van der Waals surface area (Å²) in [7, 11) is -4.89. The van der Waals surface area contributed by atoms with Gasteiger partial charge in [0.25, 0.3) is 20.3 Å². The predicted molar refractivity (Wildman–Crippen MR) is 104 cm³/mol. The van der Waals surface area contributed by atoms with Gasteiger partial charge >= 0.3 is 11.9 Å². The second-order valence-corrected chi connectivity index (χ2v) is 7.26. The monoisotopic (exact) mass is 512 g/mol. The minimum Gasteiger partial charge on any atom is -0.426 e. The smallest absolute Gasteiger partial charge is 0.313 e. The van der Waals surface area contributed by atoms with E-state index in [-0.39, 0.29) is 58.2 Å². The van der Waals surface area contributed by atoms with Gasteiger partial charge in [-0.3, -0.25) is 14.1 Å². The summed E-state index contributed by atoms with van der Waals surface area (Å²) >= 11 is 0. The van der Waals surface area contributed by atoms with Crippen LogP contribution in [0.5, 0.6) is 11.5 Å². The summed E-state index contributed by atoms with van der Waals surface area (Å²) in [5.41, 5.74) is 0. The van der Waals surface area contributed by atoms with Gasteiger partial charge in [-0.05, 0) is 12.1 Å². The van der Waals surface area contributed by atoms with Gasteiger partial charge in [-0.1, -0.05) is 0 Å². The van der Waals surface area contributed by atoms with Gasteiger partial charge in [0, 0.05) is 6.07 Å². The molecule has 0 radical (unpaired) electrons. The molecular formula is C16H20N2O15S. The van der Waals surface area contributed by atoms with Gasteiger partial charge < -0.3 is 28.6 Å². The van der Waals surface area contributed by atoms with E-state index >= 15 is 0 Å². The van der Waals surface area contributed by atoms with Gasteiger partial charge in [-0.25, -0.2) is 0 Å². The Labute approximate surface area is 191 Å². The second-order valence-electron chi connectivity index (χ2n) is 5.87. The first-order valence-corrected chi connectivity index (χ1v) is 10.7. The Bertz CT molecular complexity index is 965. The van der Waals surface area contributed by atoms with E-state index in [2.05, 4.69) is 9.68 Å². The predicted octanol–water partition coefficient (Wildman–Crippen LogP) is -0.0259. The van der Waals surface area contributed by atoms with Crippen molar-refractivity contribution in [2.45, 2.75) is 17.7 Å². The SMILES string of the molecule is O=C(CCOCCO[N+](=O)[O-])Oc1ccc(OC(=O)CCOCCO[N+](=O)[O-])c(S(=O)(=O)O)c1. The minimum absolute atomic E-state index is 0.154. The number of esters is 2. The molecule has 0 aliphatic heterocycles. The number of carbonyl (C=O) groups is 2. The topological polar surface area (TPSA) is 230 Å². The number of nitrogens with zero attached hydrogens (tertiary/aromatic N) is 2. The van der Waals surface area contributed by atoms with Crippen molar-refractivity contribution in [1.29, 1.82) is 0 Å². The van der Waals surface area contributed by atoms with E-state index in [1.165, 1.54) is 0 Å². The average Bonchev–Trinajstić information content (AvgIpc) is 2.73. The molecule has 0 saturated carbocycles. The Kier molecular flexibility index (Phi) is 12.1. The van der Waals surface area contributed by atoms with Gasteiger partial charge in [-0.2, -0.15) is 8.42 Å². The van der Waals surface area contributed by atoms with E-state index in [0.717, 1.165) is 18.2 Å². The zero-order valence-electron chi connectivity index (χ0n) is 17.4. The highest BCUT2D eigenvalue weighted by molar-refractivity contribution is 7.86. The van der Waals surface area contributed by atoms with Crippen LogP contribution in [0.25, 0.3) is 0 Å². The molecule has 0 fully saturated rings. The summed E-state index contributed by atoms with van der Waals surface area (Å²) < 4.78 is 52.3. The number of hydrogen-bond acceptors (Lipinski definition) is 14. The summed E-state index contributed by atoms with van der Waals surface area (Å²) in [5, 5.41) is 17.9. The van der Waals surface area contributed by atoms with Gasteiger partial charge in [0.2, 0.25) is 0 Å². The molecule has 18 heteroatoms. The number of rotatable bonds is 17. The molecule has 0 spiro atoms. The lowest BCUT2D eigenvalue weighted by molar-refractivity contribution is -0.758. The standard InChI is InChI=1S/C16H20N2O15S/c19-15(3-5-28-7-9-30-17(21)22)32-12-1-2-13(14(11-12)34(25,26)27)33-16(20)4-6-29-8-10-31-18(23)24/h1-2,11H,3-10H2,(H,25,26,27). The zero-order chi connectivity index (χ0) is 25.6. The molecule has 0 aliphatic carbocycles. The van der Waals surface area contributed by atoms with Gasteiger partial charge in [0.15, 0.2) is 5.75 Å². The normalized spacial score (nSPS) is 10.9. The lowest BCUT2D eigenvalue weighted by Gasteiger charge is -2.11. The van der Waals surface area contributed by atoms with Crippen LogP contribution < -0.4 is 9.47 Å². The van der Waals surface area contributed by atoms with Crippen molar-refractivity contribution in [2.75, 3.05) is 39.6 Å². The summed E-state index contributed by atoms with van der Waals surface area (Å²) in [6.45, 7) is -1.39. The fourth-order valence-electron chi connectivity index (χ4n) is 2.05. The van der Waals surface area contributed by atoms with E-state index < -0.39 is 42.9 Å². The van der Waals surface area contributed by atoms with E-state index in [4.69, 9.17) is 18.9 Å². The van der Waals surface area contributed by atoms with E-state index in [0.29, 0.717) is 0 Å². The molecule has 0 unspecified atom stereocenters. The fourth-order valence-corrected chi connectivity index (χ4v) is 2.68. The van der Waals surface area contributed by atoms with Crippen molar-refractivity contribution in [3.05, 3.63) is 38.4 Å². The van der Waals surface area contributed by atoms with Crippen LogP contribution in [0.15, 0.2) is 23.1 Å². The van der Waals surface area contributed by atoms with Gasteiger partial charge in [0.05, 0.1) is 39.3 Å². The highest BCUT2D eigenvalue weighted by Gasteiger charge is 2.21. The Morgan fingerprint density at radius 3 is 1.79 bits per heavy atom. The molecule has 0 atom stereocenters. The molecule has 0 heterocycles. The van der Waals surface area contributed by atoms with Crippen LogP contribution in [0.1, 0.15) is 12.8 Å². The van der Waals surface area contributed by atoms with Crippen LogP contribution in [-0.4, -0.2) is 74.7 Å². The van der Waals surface area contributed by atoms with Crippen molar-refractivity contribution in [1.82, 2.24) is 0 Å². The van der Waals surface area contributed by atoms with Crippen molar-refractivity contribution in [3.63, 3.8) is 0 Å². The quantitative estimate of drug-likeness (QED) is 0.0721. The second kappa shape index (κ2) is 14.5. The molecular weight excluding hydrogens is 492 g/mol. The van der Waals surface area contributed by atoms with Crippen LogP contribution in [0.2, 0.25) is 0 Å². The lowest BCUT2D eigenvalue weighted by Crippen LogP contribution is -2.16. The Morgan fingerprint density at radius 2 is 1.32 bits per heavy atom. The average molecular weight is 512 g/mol. The molecule has 0 aliphatic rings. The van der Waals surface area contributed by atoms with Gasteiger partial charge in [0.1, 0.15) is 23.9 Å². The van der Waals surface area contributed by atoms with Crippen molar-refractivity contribution >= 4 is 22.1 Å². The van der Waals surface area contributed by atoms with Crippen molar-refractivity contribution in [2.24, 2.45) is 0 Å². The van der Waals surface area contributed by atoms with Crippen molar-refractivity contribution < 1.29 is 61.4 Å². The molecule has 1 aromatic carbocycles. The first kappa shape index (κ1) is 28.4. The Balaban J connectivity index is 2.57. The maximum absolute atomic E-state index is 11.9. The van der Waals surface area contributed by atoms with E-state index in [1.807, 2.05) is 0 Å². The molecule has 0 bridgehead atoms. The highest BCUT2D eigenvalue weighted by Crippen LogP contribution is 2.29. The molecule has 34 heavy (non-hydrogen) atoms. The van der Waals surface area contributed by atoms with Gasteiger partial charge in [-0.15, -0.1) is 20.2 Å². The minimum atomic E-state index is -4.89. The summed E-state index contributed by atoms with van der Waals surface area (Å²) in [4.78, 5) is 50.8. The maximum atomic E-state index is 11.9. The molecule has 1 N–H and O–H groups in total. The molecule has 0 aromatic heterocycles. The van der Waals surface area contributed by atoms with E-state index in [1.54, 1.807) is 0 Å². The number of carbonyl (C=O) groups excluding carboxylic acids is 2. The summed E-state index contributed by atoms with van der Waals surface area (Å²) in [6.07, 6.45) is -0.643. The summed E-state index contributed by atoms with van der Waals surface area (Å²) in [6, 6.07) is 2.83. The van der Waals surface area contributed by atoms with E-state index in [9.17, 15) is 42.8 Å². The molecule has 0 amide bonds. The van der Waals surface area contributed by atoms with Crippen LogP contribution in [0.3, 0.4) is 0 Å². The number of benzene rings is 1. The van der Waals surface area contributed by atoms with Crippen LogP contribution in [0.4, 0.5) is 0 Å². The third-order valence-corrected chi connectivity index (χ3v) is 4.27. The van der Waals surface area contributed by atoms with Crippen LogP contribution in [0, 0.1) is 20.2 Å². The van der Waals surface area contributed by atoms with Crippen molar-refractivity contribution in [3.8, 4) is 11.5 Å². The van der Waals surface area contributed by atoms with Crippen LogP contribution in [-0.2, 0) is 38.9 Å². The zero-order valence-corrected chi connectivity index (χ0v) is 18.2. The molecule has 1 aromatic rings. The molecule has 190 valence electrons.